The Morgan fingerprint density at radius 2 is 1.81 bits per heavy atom. The lowest BCUT2D eigenvalue weighted by atomic mass is 10.2. The van der Waals surface area contributed by atoms with Gasteiger partial charge in [-0.15, -0.1) is 23.7 Å². The van der Waals surface area contributed by atoms with Crippen LogP contribution in [0.1, 0.15) is 16.0 Å². The van der Waals surface area contributed by atoms with E-state index in [-0.39, 0.29) is 12.4 Å². The lowest BCUT2D eigenvalue weighted by molar-refractivity contribution is 0.284. The minimum Gasteiger partial charge on any atom is -0.493 e. The number of hydrogen-bond donors (Lipinski definition) is 1. The van der Waals surface area contributed by atoms with Crippen molar-refractivity contribution in [2.24, 2.45) is 0 Å². The minimum absolute atomic E-state index is 0. The van der Waals surface area contributed by atoms with Gasteiger partial charge in [-0.25, -0.2) is 0 Å². The van der Waals surface area contributed by atoms with E-state index in [1.165, 1.54) is 4.88 Å². The van der Waals surface area contributed by atoms with Crippen LogP contribution in [0, 0.1) is 0 Å². The Labute approximate surface area is 179 Å². The van der Waals surface area contributed by atoms with E-state index in [9.17, 15) is 0 Å². The monoisotopic (exact) mass is 443 g/mol. The molecule has 0 spiro atoms. The molecule has 3 rings (SSSR count). The Morgan fingerprint density at radius 1 is 1.00 bits per heavy atom. The summed E-state index contributed by atoms with van der Waals surface area (Å²) in [7, 11) is 1.61. The maximum absolute atomic E-state index is 6.43. The summed E-state index contributed by atoms with van der Waals surface area (Å²) in [5, 5.41) is 6.66. The molecule has 1 N–H and O–H groups in total. The number of methoxy groups -OCH3 is 1. The summed E-state index contributed by atoms with van der Waals surface area (Å²) in [5.74, 6) is 1.13. The van der Waals surface area contributed by atoms with Crippen LogP contribution in [-0.4, -0.2) is 7.11 Å². The van der Waals surface area contributed by atoms with Gasteiger partial charge in [-0.1, -0.05) is 47.5 Å². The molecule has 27 heavy (non-hydrogen) atoms. The average Bonchev–Trinajstić information content (AvgIpc) is 3.15. The van der Waals surface area contributed by atoms with E-state index in [0.29, 0.717) is 34.7 Å². The summed E-state index contributed by atoms with van der Waals surface area (Å²) in [4.78, 5) is 1.29. The summed E-state index contributed by atoms with van der Waals surface area (Å²) in [6.07, 6.45) is 0. The highest BCUT2D eigenvalue weighted by Crippen LogP contribution is 2.37. The molecule has 0 atom stereocenters. The Morgan fingerprint density at radius 3 is 2.52 bits per heavy atom. The van der Waals surface area contributed by atoms with Gasteiger partial charge >= 0.3 is 0 Å². The van der Waals surface area contributed by atoms with E-state index in [1.807, 2.05) is 42.5 Å². The van der Waals surface area contributed by atoms with Gasteiger partial charge in [-0.05, 0) is 35.2 Å². The molecule has 1 aromatic heterocycles. The molecular formula is C20H20Cl3NO2S. The molecule has 3 nitrogen and oxygen atoms in total. The molecule has 3 aromatic rings. The van der Waals surface area contributed by atoms with Crippen LogP contribution in [0.2, 0.25) is 10.0 Å². The highest BCUT2D eigenvalue weighted by Gasteiger charge is 2.13. The van der Waals surface area contributed by atoms with Gasteiger partial charge in [0.05, 0.1) is 12.1 Å². The molecule has 0 radical (unpaired) electrons. The highest BCUT2D eigenvalue weighted by atomic mass is 35.5. The second-order valence-corrected chi connectivity index (χ2v) is 7.52. The fourth-order valence-electron chi connectivity index (χ4n) is 2.52. The van der Waals surface area contributed by atoms with Crippen molar-refractivity contribution in [3.05, 3.63) is 80.0 Å². The smallest absolute Gasteiger partial charge is 0.180 e. The number of hydrogen-bond acceptors (Lipinski definition) is 4. The van der Waals surface area contributed by atoms with Crippen molar-refractivity contribution in [3.63, 3.8) is 0 Å². The molecule has 0 bridgehead atoms. The lowest BCUT2D eigenvalue weighted by Crippen LogP contribution is -2.12. The summed E-state index contributed by atoms with van der Waals surface area (Å²) >= 11 is 14.3. The van der Waals surface area contributed by atoms with Gasteiger partial charge in [0.1, 0.15) is 6.61 Å². The second-order valence-electron chi connectivity index (χ2n) is 5.67. The van der Waals surface area contributed by atoms with E-state index in [2.05, 4.69) is 16.8 Å². The Hall–Kier alpha value is -1.43. The molecule has 2 aromatic carbocycles. The molecule has 0 aliphatic heterocycles. The molecule has 0 saturated heterocycles. The van der Waals surface area contributed by atoms with Gasteiger partial charge in [-0.3, -0.25) is 0 Å². The van der Waals surface area contributed by atoms with Gasteiger partial charge in [0.25, 0.3) is 0 Å². The van der Waals surface area contributed by atoms with Crippen LogP contribution in [0.5, 0.6) is 11.5 Å². The predicted molar refractivity (Wildman–Crippen MR) is 116 cm³/mol. The zero-order valence-corrected chi connectivity index (χ0v) is 17.9. The molecule has 0 aliphatic rings. The van der Waals surface area contributed by atoms with E-state index >= 15 is 0 Å². The fourth-order valence-corrected chi connectivity index (χ4v) is 3.68. The Kier molecular flexibility index (Phi) is 8.74. The standard InChI is InChI=1S/C20H19Cl2NO2S.ClH/c1-24-19-10-14(11-23-12-16-6-4-8-26-16)9-18(22)20(19)25-13-15-5-2-3-7-17(15)21;/h2-10,23H,11-13H2,1H3;1H. The van der Waals surface area contributed by atoms with Crippen molar-refractivity contribution >= 4 is 46.9 Å². The number of benzene rings is 2. The number of thiophene rings is 1. The molecule has 0 saturated carbocycles. The largest absolute Gasteiger partial charge is 0.493 e. The third-order valence-electron chi connectivity index (χ3n) is 3.83. The molecule has 1 heterocycles. The van der Waals surface area contributed by atoms with Crippen molar-refractivity contribution in [3.8, 4) is 11.5 Å². The van der Waals surface area contributed by atoms with Crippen LogP contribution in [0.4, 0.5) is 0 Å². The quantitative estimate of drug-likeness (QED) is 0.439. The maximum Gasteiger partial charge on any atom is 0.180 e. The summed E-state index contributed by atoms with van der Waals surface area (Å²) in [6.45, 7) is 1.84. The zero-order chi connectivity index (χ0) is 18.4. The first-order valence-corrected chi connectivity index (χ1v) is 9.76. The average molecular weight is 445 g/mol. The first-order chi connectivity index (χ1) is 12.7. The highest BCUT2D eigenvalue weighted by molar-refractivity contribution is 7.09. The lowest BCUT2D eigenvalue weighted by Gasteiger charge is -2.15. The van der Waals surface area contributed by atoms with E-state index in [0.717, 1.165) is 17.7 Å². The van der Waals surface area contributed by atoms with Crippen molar-refractivity contribution in [1.29, 1.82) is 0 Å². The summed E-state index contributed by atoms with van der Waals surface area (Å²) < 4.78 is 11.4. The first kappa shape index (κ1) is 21.9. The van der Waals surface area contributed by atoms with Crippen LogP contribution in [0.15, 0.2) is 53.9 Å². The molecule has 0 amide bonds. The molecule has 0 fully saturated rings. The van der Waals surface area contributed by atoms with Gasteiger partial charge in [0.15, 0.2) is 11.5 Å². The number of rotatable bonds is 8. The molecule has 7 heteroatoms. The normalized spacial score (nSPS) is 10.3. The fraction of sp³-hybridized carbons (Fsp3) is 0.200. The summed E-state index contributed by atoms with van der Waals surface area (Å²) in [6, 6.07) is 15.6. The van der Waals surface area contributed by atoms with Gasteiger partial charge in [0.2, 0.25) is 0 Å². The van der Waals surface area contributed by atoms with Crippen LogP contribution in [0.3, 0.4) is 0 Å². The van der Waals surface area contributed by atoms with Crippen molar-refractivity contribution in [2.45, 2.75) is 19.7 Å². The molecule has 0 aliphatic carbocycles. The van der Waals surface area contributed by atoms with E-state index in [1.54, 1.807) is 18.4 Å². The Bertz CT molecular complexity index is 856. The van der Waals surface area contributed by atoms with Gasteiger partial charge in [0, 0.05) is 28.6 Å². The van der Waals surface area contributed by atoms with Crippen molar-refractivity contribution < 1.29 is 9.47 Å². The number of nitrogens with one attached hydrogen (secondary N) is 1. The van der Waals surface area contributed by atoms with Crippen LogP contribution in [0.25, 0.3) is 0 Å². The SMILES string of the molecule is COc1cc(CNCc2cccs2)cc(Cl)c1OCc1ccccc1Cl.Cl. The van der Waals surface area contributed by atoms with Crippen LogP contribution >= 0.6 is 46.9 Å². The van der Waals surface area contributed by atoms with E-state index < -0.39 is 0 Å². The zero-order valence-electron chi connectivity index (χ0n) is 14.7. The van der Waals surface area contributed by atoms with Crippen LogP contribution < -0.4 is 14.8 Å². The van der Waals surface area contributed by atoms with Gasteiger partial charge in [-0.2, -0.15) is 0 Å². The molecule has 144 valence electrons. The van der Waals surface area contributed by atoms with Crippen molar-refractivity contribution in [2.75, 3.05) is 7.11 Å². The van der Waals surface area contributed by atoms with Crippen LogP contribution in [-0.2, 0) is 19.7 Å². The predicted octanol–water partition coefficient (Wildman–Crippen LogP) is 6.35. The van der Waals surface area contributed by atoms with Crippen molar-refractivity contribution in [1.82, 2.24) is 5.32 Å². The number of ether oxygens (including phenoxy) is 2. The van der Waals surface area contributed by atoms with E-state index in [4.69, 9.17) is 32.7 Å². The first-order valence-electron chi connectivity index (χ1n) is 8.13. The summed E-state index contributed by atoms with van der Waals surface area (Å²) in [5.41, 5.74) is 1.93. The third kappa shape index (κ3) is 6.03. The minimum atomic E-state index is 0. The van der Waals surface area contributed by atoms with Gasteiger partial charge < -0.3 is 14.8 Å². The second kappa shape index (κ2) is 10.8. The molecular weight excluding hydrogens is 425 g/mol. The topological polar surface area (TPSA) is 30.5 Å². The third-order valence-corrected chi connectivity index (χ3v) is 5.35. The Balaban J connectivity index is 0.00000261. The molecule has 0 unspecified atom stereocenters. The maximum atomic E-state index is 6.43. The number of halogens is 3.